The fraction of sp³-hybridized carbons (Fsp3) is 0.440. The summed E-state index contributed by atoms with van der Waals surface area (Å²) in [6.07, 6.45) is -2.84. The largest absolute Gasteiger partial charge is 0.415 e. The molecule has 1 aromatic heterocycles. The summed E-state index contributed by atoms with van der Waals surface area (Å²) < 4.78 is 64.1. The second kappa shape index (κ2) is 12.5. The molecule has 200 valence electrons. The van der Waals surface area contributed by atoms with Gasteiger partial charge in [-0.3, -0.25) is 14.1 Å². The monoisotopic (exact) mass is 535 g/mol. The Labute approximate surface area is 215 Å². The molecule has 2 heterocycles. The number of alkyl halides is 2. The molecule has 1 aliphatic heterocycles. The highest BCUT2D eigenvalue weighted by Crippen LogP contribution is 2.25. The smallest absolute Gasteiger partial charge is 0.314 e. The van der Waals surface area contributed by atoms with Crippen LogP contribution in [0.4, 0.5) is 14.5 Å². The van der Waals surface area contributed by atoms with E-state index in [4.69, 9.17) is 9.15 Å². The SMILES string of the molecule is COCCN1CCN(CCS(=O)(=O)N(Cc2ccc(-c3nnc(C(F)F)o3)cc2)c2ccccc2)CC1. The van der Waals surface area contributed by atoms with Crippen LogP contribution >= 0.6 is 0 Å². The average Bonchev–Trinajstić information content (AvgIpc) is 3.42. The zero-order valence-electron chi connectivity index (χ0n) is 20.7. The molecular weight excluding hydrogens is 504 g/mol. The maximum absolute atomic E-state index is 13.5. The van der Waals surface area contributed by atoms with Crippen molar-refractivity contribution in [3.8, 4) is 11.5 Å². The van der Waals surface area contributed by atoms with Gasteiger partial charge in [0, 0.05) is 51.9 Å². The predicted molar refractivity (Wildman–Crippen MR) is 136 cm³/mol. The van der Waals surface area contributed by atoms with Crippen LogP contribution in [0.15, 0.2) is 59.0 Å². The van der Waals surface area contributed by atoms with Gasteiger partial charge in [0.2, 0.25) is 15.9 Å². The molecule has 1 saturated heterocycles. The van der Waals surface area contributed by atoms with Gasteiger partial charge >= 0.3 is 6.43 Å². The second-order valence-corrected chi connectivity index (χ2v) is 10.8. The molecule has 0 saturated carbocycles. The fourth-order valence-electron chi connectivity index (χ4n) is 4.11. The molecule has 0 unspecified atom stereocenters. The number of sulfonamides is 1. The standard InChI is InChI=1S/C25H31F2N5O4S/c1-35-17-15-30-11-13-31(14-12-30)16-18-37(33,34)32(22-5-3-2-4-6-22)19-20-7-9-21(10-8-20)24-28-29-25(36-24)23(26)27/h2-10,23H,11-19H2,1H3. The molecule has 1 fully saturated rings. The molecule has 9 nitrogen and oxygen atoms in total. The zero-order chi connectivity index (χ0) is 26.3. The molecule has 0 bridgehead atoms. The summed E-state index contributed by atoms with van der Waals surface area (Å²) in [7, 11) is -1.95. The van der Waals surface area contributed by atoms with Gasteiger partial charge in [-0.2, -0.15) is 8.78 Å². The van der Waals surface area contributed by atoms with E-state index in [0.29, 0.717) is 24.4 Å². The lowest BCUT2D eigenvalue weighted by Gasteiger charge is -2.35. The van der Waals surface area contributed by atoms with E-state index < -0.39 is 22.3 Å². The number of anilines is 1. The van der Waals surface area contributed by atoms with Crippen LogP contribution in [0.3, 0.4) is 0 Å². The summed E-state index contributed by atoms with van der Waals surface area (Å²) in [6.45, 7) is 5.55. The molecule has 2 aromatic carbocycles. The Bertz CT molecular complexity index is 1220. The van der Waals surface area contributed by atoms with Crippen molar-refractivity contribution in [3.05, 3.63) is 66.1 Å². The van der Waals surface area contributed by atoms with Gasteiger partial charge in [0.1, 0.15) is 0 Å². The predicted octanol–water partition coefficient (Wildman–Crippen LogP) is 3.27. The summed E-state index contributed by atoms with van der Waals surface area (Å²) in [5, 5.41) is 7.00. The highest BCUT2D eigenvalue weighted by molar-refractivity contribution is 7.92. The number of benzene rings is 2. The Morgan fingerprint density at radius 3 is 2.22 bits per heavy atom. The Hall–Kier alpha value is -2.93. The summed E-state index contributed by atoms with van der Waals surface area (Å²) in [4.78, 5) is 4.49. The number of rotatable bonds is 12. The molecule has 0 radical (unpaired) electrons. The Morgan fingerprint density at radius 1 is 0.973 bits per heavy atom. The zero-order valence-corrected chi connectivity index (χ0v) is 21.5. The highest BCUT2D eigenvalue weighted by atomic mass is 32.2. The third kappa shape index (κ3) is 7.31. The van der Waals surface area contributed by atoms with Crippen LogP contribution in [0.5, 0.6) is 0 Å². The number of para-hydroxylation sites is 1. The lowest BCUT2D eigenvalue weighted by atomic mass is 10.1. The molecule has 1 aliphatic rings. The minimum atomic E-state index is -3.64. The molecule has 0 atom stereocenters. The number of hydrogen-bond donors (Lipinski definition) is 0. The van der Waals surface area contributed by atoms with Gasteiger partial charge in [0.25, 0.3) is 5.89 Å². The van der Waals surface area contributed by atoms with Gasteiger partial charge in [-0.1, -0.05) is 30.3 Å². The first-order valence-electron chi connectivity index (χ1n) is 12.1. The van der Waals surface area contributed by atoms with Crippen molar-refractivity contribution in [2.45, 2.75) is 13.0 Å². The van der Waals surface area contributed by atoms with Gasteiger partial charge in [0.05, 0.1) is 24.6 Å². The van der Waals surface area contributed by atoms with Crippen molar-refractivity contribution in [2.75, 3.05) is 63.0 Å². The van der Waals surface area contributed by atoms with E-state index in [1.165, 1.54) is 4.31 Å². The van der Waals surface area contributed by atoms with Crippen LogP contribution in [-0.2, 0) is 21.3 Å². The van der Waals surface area contributed by atoms with Crippen molar-refractivity contribution in [2.24, 2.45) is 0 Å². The van der Waals surface area contributed by atoms with Gasteiger partial charge < -0.3 is 9.15 Å². The molecule has 3 aromatic rings. The molecule has 0 spiro atoms. The van der Waals surface area contributed by atoms with E-state index in [1.54, 1.807) is 55.6 Å². The molecule has 4 rings (SSSR count). The summed E-state index contributed by atoms with van der Waals surface area (Å²) in [5.74, 6) is -0.760. The normalized spacial score (nSPS) is 15.4. The van der Waals surface area contributed by atoms with Gasteiger partial charge in [-0.25, -0.2) is 8.42 Å². The second-order valence-electron chi connectivity index (χ2n) is 8.78. The van der Waals surface area contributed by atoms with Crippen LogP contribution in [0.25, 0.3) is 11.5 Å². The van der Waals surface area contributed by atoms with E-state index >= 15 is 0 Å². The van der Waals surface area contributed by atoms with Crippen LogP contribution in [0.1, 0.15) is 17.9 Å². The Morgan fingerprint density at radius 2 is 1.62 bits per heavy atom. The average molecular weight is 536 g/mol. The van der Waals surface area contributed by atoms with E-state index in [1.807, 2.05) is 6.07 Å². The molecule has 0 amide bonds. The van der Waals surface area contributed by atoms with Gasteiger partial charge in [-0.05, 0) is 29.8 Å². The van der Waals surface area contributed by atoms with E-state index in [-0.39, 0.29) is 18.2 Å². The first-order valence-corrected chi connectivity index (χ1v) is 13.7. The number of halogens is 2. The molecule has 0 aliphatic carbocycles. The van der Waals surface area contributed by atoms with Crippen LogP contribution in [0.2, 0.25) is 0 Å². The van der Waals surface area contributed by atoms with Crippen molar-refractivity contribution in [1.82, 2.24) is 20.0 Å². The van der Waals surface area contributed by atoms with Gasteiger partial charge in [-0.15, -0.1) is 10.2 Å². The molecule has 12 heteroatoms. The van der Waals surface area contributed by atoms with Crippen LogP contribution in [-0.4, -0.2) is 87.2 Å². The topological polar surface area (TPSA) is 92.0 Å². The number of nitrogens with zero attached hydrogens (tertiary/aromatic N) is 5. The first-order chi connectivity index (χ1) is 17.9. The van der Waals surface area contributed by atoms with Crippen LogP contribution in [0, 0.1) is 0 Å². The molecule has 0 N–H and O–H groups in total. The van der Waals surface area contributed by atoms with E-state index in [2.05, 4.69) is 20.0 Å². The maximum Gasteiger partial charge on any atom is 0.314 e. The number of hydrogen-bond acceptors (Lipinski definition) is 8. The van der Waals surface area contributed by atoms with Crippen molar-refractivity contribution in [1.29, 1.82) is 0 Å². The summed E-state index contributed by atoms with van der Waals surface area (Å²) in [5.41, 5.74) is 1.79. The van der Waals surface area contributed by atoms with Crippen molar-refractivity contribution in [3.63, 3.8) is 0 Å². The number of aromatic nitrogens is 2. The third-order valence-electron chi connectivity index (χ3n) is 6.28. The van der Waals surface area contributed by atoms with Gasteiger partial charge in [0.15, 0.2) is 0 Å². The summed E-state index contributed by atoms with van der Waals surface area (Å²) in [6, 6.07) is 15.7. The maximum atomic E-state index is 13.5. The van der Waals surface area contributed by atoms with E-state index in [0.717, 1.165) is 38.3 Å². The highest BCUT2D eigenvalue weighted by Gasteiger charge is 2.25. The number of ether oxygens (including phenoxy) is 1. The van der Waals surface area contributed by atoms with E-state index in [9.17, 15) is 17.2 Å². The first kappa shape index (κ1) is 27.1. The lowest BCUT2D eigenvalue weighted by Crippen LogP contribution is -2.49. The Balaban J connectivity index is 1.43. The fourth-order valence-corrected chi connectivity index (χ4v) is 5.61. The number of piperazine rings is 1. The van der Waals surface area contributed by atoms with Crippen molar-refractivity contribution < 1.29 is 26.4 Å². The molecular formula is C25H31F2N5O4S. The lowest BCUT2D eigenvalue weighted by molar-refractivity contribution is 0.0998. The minimum absolute atomic E-state index is 0.00353. The molecule has 37 heavy (non-hydrogen) atoms. The number of methoxy groups -OCH3 is 1. The third-order valence-corrected chi connectivity index (χ3v) is 7.99. The minimum Gasteiger partial charge on any atom is -0.415 e. The Kier molecular flexibility index (Phi) is 9.19. The van der Waals surface area contributed by atoms with Crippen molar-refractivity contribution >= 4 is 15.7 Å². The quantitative estimate of drug-likeness (QED) is 0.349. The summed E-state index contributed by atoms with van der Waals surface area (Å²) >= 11 is 0. The van der Waals surface area contributed by atoms with Crippen LogP contribution < -0.4 is 4.31 Å².